The number of amides is 1. The highest BCUT2D eigenvalue weighted by atomic mass is 35.5. The van der Waals surface area contributed by atoms with Crippen LogP contribution < -0.4 is 15.4 Å². The van der Waals surface area contributed by atoms with E-state index >= 15 is 0 Å². The number of carbonyl (C=O) groups excluding carboxylic acids is 2. The van der Waals surface area contributed by atoms with Crippen LogP contribution in [0.25, 0.3) is 0 Å². The van der Waals surface area contributed by atoms with Crippen LogP contribution in [0.1, 0.15) is 48.7 Å². The van der Waals surface area contributed by atoms with Gasteiger partial charge in [-0.05, 0) is 42.2 Å². The van der Waals surface area contributed by atoms with Crippen molar-refractivity contribution in [3.63, 3.8) is 0 Å². The molecule has 3 aromatic rings. The number of allylic oxidation sites excluding steroid dienone is 2. The Hall–Kier alpha value is -3.58. The van der Waals surface area contributed by atoms with E-state index in [1.54, 1.807) is 36.1 Å². The van der Waals surface area contributed by atoms with Gasteiger partial charge in [0, 0.05) is 34.0 Å². The highest BCUT2D eigenvalue weighted by molar-refractivity contribution is 6.30. The molecule has 0 spiro atoms. The fourth-order valence-electron chi connectivity index (χ4n) is 4.79. The number of nitrogens with zero attached hydrogens (tertiary/aromatic N) is 2. The van der Waals surface area contributed by atoms with Gasteiger partial charge >= 0.3 is 0 Å². The highest BCUT2D eigenvalue weighted by Crippen LogP contribution is 2.47. The zero-order valence-corrected chi connectivity index (χ0v) is 19.9. The second-order valence-corrected chi connectivity index (χ2v) is 9.85. The number of para-hydroxylation sites is 1. The molecule has 34 heavy (non-hydrogen) atoms. The molecular weight excluding hydrogens is 452 g/mol. The van der Waals surface area contributed by atoms with Crippen molar-refractivity contribution in [2.75, 3.05) is 17.7 Å². The van der Waals surface area contributed by atoms with Crippen LogP contribution in [-0.2, 0) is 4.79 Å². The standard InChI is InChI=1S/C26H25ClN4O3/c1-26(2)12-19-22(20(32)13-26)23(17-6-4-5-7-21(17)34-3)31-24(30-19)18(14-28-31)25(33)29-16-10-8-15(27)9-11-16/h4-11,14,23,30H,12-13H2,1-3H3,(H,29,33)/t23-/m1/s1. The van der Waals surface area contributed by atoms with Crippen molar-refractivity contribution < 1.29 is 14.3 Å². The molecule has 0 bridgehead atoms. The van der Waals surface area contributed by atoms with Gasteiger partial charge in [0.1, 0.15) is 23.2 Å². The first kappa shape index (κ1) is 22.2. The summed E-state index contributed by atoms with van der Waals surface area (Å²) in [6, 6.07) is 14.0. The van der Waals surface area contributed by atoms with Gasteiger partial charge in [-0.2, -0.15) is 5.10 Å². The maximum absolute atomic E-state index is 13.4. The van der Waals surface area contributed by atoms with E-state index in [4.69, 9.17) is 16.3 Å². The smallest absolute Gasteiger partial charge is 0.261 e. The predicted molar refractivity (Wildman–Crippen MR) is 131 cm³/mol. The van der Waals surface area contributed by atoms with E-state index < -0.39 is 6.04 Å². The molecule has 2 heterocycles. The van der Waals surface area contributed by atoms with Crippen LogP contribution in [0.15, 0.2) is 66.0 Å². The minimum atomic E-state index is -0.497. The van der Waals surface area contributed by atoms with Gasteiger partial charge in [-0.15, -0.1) is 0 Å². The molecule has 1 aliphatic heterocycles. The maximum Gasteiger partial charge on any atom is 0.261 e. The third-order valence-corrected chi connectivity index (χ3v) is 6.53. The molecule has 0 fully saturated rings. The molecule has 174 valence electrons. The predicted octanol–water partition coefficient (Wildman–Crippen LogP) is 5.46. The summed E-state index contributed by atoms with van der Waals surface area (Å²) < 4.78 is 7.34. The Balaban J connectivity index is 1.61. The maximum atomic E-state index is 13.4. The first-order valence-corrected chi connectivity index (χ1v) is 11.5. The molecule has 2 N–H and O–H groups in total. The topological polar surface area (TPSA) is 85.2 Å². The lowest BCUT2D eigenvalue weighted by Crippen LogP contribution is -2.37. The van der Waals surface area contributed by atoms with Gasteiger partial charge in [-0.3, -0.25) is 9.59 Å². The Labute approximate surface area is 202 Å². The number of Topliss-reactive ketones (excluding diaryl/α,β-unsaturated/α-hetero) is 1. The fourth-order valence-corrected chi connectivity index (χ4v) is 4.91. The Kier molecular flexibility index (Phi) is 5.44. The van der Waals surface area contributed by atoms with Crippen LogP contribution in [0, 0.1) is 5.41 Å². The van der Waals surface area contributed by atoms with E-state index in [-0.39, 0.29) is 17.1 Å². The number of hydrogen-bond acceptors (Lipinski definition) is 5. The Bertz CT molecular complexity index is 1320. The average molecular weight is 477 g/mol. The minimum absolute atomic E-state index is 0.0722. The van der Waals surface area contributed by atoms with Gasteiger partial charge in [0.2, 0.25) is 0 Å². The molecule has 0 radical (unpaired) electrons. The van der Waals surface area contributed by atoms with E-state index in [1.807, 2.05) is 24.3 Å². The van der Waals surface area contributed by atoms with E-state index in [9.17, 15) is 9.59 Å². The van der Waals surface area contributed by atoms with Crippen molar-refractivity contribution in [3.05, 3.63) is 82.1 Å². The molecule has 0 unspecified atom stereocenters. The number of methoxy groups -OCH3 is 1. The summed E-state index contributed by atoms with van der Waals surface area (Å²) in [5.41, 5.74) is 3.13. The third kappa shape index (κ3) is 3.86. The van der Waals surface area contributed by atoms with Crippen molar-refractivity contribution in [2.45, 2.75) is 32.7 Å². The number of hydrogen-bond donors (Lipinski definition) is 2. The quantitative estimate of drug-likeness (QED) is 0.522. The number of carbonyl (C=O) groups is 2. The van der Waals surface area contributed by atoms with Crippen LogP contribution in [-0.4, -0.2) is 28.6 Å². The second kappa shape index (κ2) is 8.33. The highest BCUT2D eigenvalue weighted by Gasteiger charge is 2.43. The summed E-state index contributed by atoms with van der Waals surface area (Å²) in [6.07, 6.45) is 2.66. The van der Waals surface area contributed by atoms with Gasteiger partial charge < -0.3 is 15.4 Å². The van der Waals surface area contributed by atoms with Crippen molar-refractivity contribution in [3.8, 4) is 5.75 Å². The Morgan fingerprint density at radius 2 is 1.91 bits per heavy atom. The Morgan fingerprint density at radius 1 is 1.18 bits per heavy atom. The van der Waals surface area contributed by atoms with Gasteiger partial charge in [0.25, 0.3) is 5.91 Å². The minimum Gasteiger partial charge on any atom is -0.496 e. The summed E-state index contributed by atoms with van der Waals surface area (Å²) in [5, 5.41) is 11.4. The number of halogens is 1. The van der Waals surface area contributed by atoms with Crippen LogP contribution in [0.5, 0.6) is 5.75 Å². The van der Waals surface area contributed by atoms with Gasteiger partial charge in [-0.25, -0.2) is 4.68 Å². The van der Waals surface area contributed by atoms with Crippen LogP contribution >= 0.6 is 11.6 Å². The molecule has 1 atom stereocenters. The number of ether oxygens (including phenoxy) is 1. The van der Waals surface area contributed by atoms with Crippen molar-refractivity contribution in [1.29, 1.82) is 0 Å². The summed E-state index contributed by atoms with van der Waals surface area (Å²) in [4.78, 5) is 26.6. The molecule has 5 rings (SSSR count). The molecule has 1 aliphatic carbocycles. The third-order valence-electron chi connectivity index (χ3n) is 6.28. The average Bonchev–Trinajstić information content (AvgIpc) is 3.22. The SMILES string of the molecule is COc1ccccc1[C@@H]1C2=C(CC(C)(C)CC2=O)Nc2c(C(=O)Nc3ccc(Cl)cc3)cnn21. The fraction of sp³-hybridized carbons (Fsp3) is 0.269. The molecule has 0 saturated carbocycles. The number of fused-ring (bicyclic) bond motifs is 1. The normalized spacial score (nSPS) is 18.6. The lowest BCUT2D eigenvalue weighted by atomic mass is 9.73. The molecule has 1 amide bonds. The number of anilines is 2. The zero-order chi connectivity index (χ0) is 24.0. The largest absolute Gasteiger partial charge is 0.496 e. The second-order valence-electron chi connectivity index (χ2n) is 9.42. The van der Waals surface area contributed by atoms with Crippen LogP contribution in [0.4, 0.5) is 11.5 Å². The van der Waals surface area contributed by atoms with Crippen LogP contribution in [0.2, 0.25) is 5.02 Å². The van der Waals surface area contributed by atoms with Crippen molar-refractivity contribution in [1.82, 2.24) is 9.78 Å². The molecule has 8 heteroatoms. The molecule has 7 nitrogen and oxygen atoms in total. The van der Waals surface area contributed by atoms with Crippen LogP contribution in [0.3, 0.4) is 0 Å². The Morgan fingerprint density at radius 3 is 2.65 bits per heavy atom. The lowest BCUT2D eigenvalue weighted by molar-refractivity contribution is -0.118. The lowest BCUT2D eigenvalue weighted by Gasteiger charge is -2.39. The molecular formula is C26H25ClN4O3. The summed E-state index contributed by atoms with van der Waals surface area (Å²) in [6.45, 7) is 4.16. The number of ketones is 1. The first-order chi connectivity index (χ1) is 16.3. The monoisotopic (exact) mass is 476 g/mol. The van der Waals surface area contributed by atoms with E-state index in [2.05, 4.69) is 29.6 Å². The van der Waals surface area contributed by atoms with Crippen molar-refractivity contribution >= 4 is 34.8 Å². The zero-order valence-electron chi connectivity index (χ0n) is 19.2. The van der Waals surface area contributed by atoms with E-state index in [1.165, 1.54) is 6.20 Å². The number of nitrogens with one attached hydrogen (secondary N) is 2. The van der Waals surface area contributed by atoms with Gasteiger partial charge in [-0.1, -0.05) is 43.6 Å². The van der Waals surface area contributed by atoms with Gasteiger partial charge in [0.15, 0.2) is 5.78 Å². The van der Waals surface area contributed by atoms with E-state index in [0.29, 0.717) is 46.3 Å². The first-order valence-electron chi connectivity index (χ1n) is 11.1. The number of benzene rings is 2. The summed E-state index contributed by atoms with van der Waals surface area (Å²) >= 11 is 5.96. The summed E-state index contributed by atoms with van der Waals surface area (Å²) in [5.74, 6) is 0.974. The molecule has 0 saturated heterocycles. The number of aromatic nitrogens is 2. The number of rotatable bonds is 4. The molecule has 2 aliphatic rings. The van der Waals surface area contributed by atoms with E-state index in [0.717, 1.165) is 11.3 Å². The van der Waals surface area contributed by atoms with Crippen molar-refractivity contribution in [2.24, 2.45) is 5.41 Å². The van der Waals surface area contributed by atoms with Gasteiger partial charge in [0.05, 0.1) is 13.3 Å². The molecule has 1 aromatic heterocycles. The molecule has 2 aromatic carbocycles. The summed E-state index contributed by atoms with van der Waals surface area (Å²) in [7, 11) is 1.61.